The van der Waals surface area contributed by atoms with E-state index in [4.69, 9.17) is 14.8 Å². The standard InChI is InChI=1S/C41H36N6O3/c1-28(29-15-7-3-8-16-29)43-40(49)45-36-26-35-37(38(44-36)30-23-24-42-34(25-30)27-48)39(50-2)46-47(35)41(31-17-9-4-10-18-31,32-19-11-5-12-20-32)33-21-13-6-14-22-33/h3-26,28,48H,27H2,1-2H3,(H2,43,44,45,49). The minimum absolute atomic E-state index is 0.246. The van der Waals surface area contributed by atoms with Crippen LogP contribution in [-0.4, -0.2) is 38.0 Å². The van der Waals surface area contributed by atoms with Crippen molar-refractivity contribution in [2.24, 2.45) is 0 Å². The van der Waals surface area contributed by atoms with Crippen LogP contribution in [0.3, 0.4) is 0 Å². The number of urea groups is 1. The lowest BCUT2D eigenvalue weighted by Gasteiger charge is -2.37. The topological polar surface area (TPSA) is 114 Å². The maximum absolute atomic E-state index is 13.5. The number of fused-ring (bicyclic) bond motifs is 1. The molecule has 4 aromatic carbocycles. The number of nitrogens with one attached hydrogen (secondary N) is 2. The maximum Gasteiger partial charge on any atom is 0.320 e. The molecule has 0 bridgehead atoms. The molecule has 0 saturated heterocycles. The molecule has 7 aromatic rings. The molecule has 7 rings (SSSR count). The summed E-state index contributed by atoms with van der Waals surface area (Å²) in [7, 11) is 1.58. The van der Waals surface area contributed by atoms with Gasteiger partial charge >= 0.3 is 6.03 Å². The van der Waals surface area contributed by atoms with E-state index in [0.29, 0.717) is 39.6 Å². The van der Waals surface area contributed by atoms with Crippen LogP contribution >= 0.6 is 0 Å². The van der Waals surface area contributed by atoms with Gasteiger partial charge in [-0.25, -0.2) is 14.5 Å². The number of aliphatic hydroxyl groups excluding tert-OH is 1. The Morgan fingerprint density at radius 1 is 0.820 bits per heavy atom. The molecule has 2 amide bonds. The second-order valence-electron chi connectivity index (χ2n) is 11.9. The molecular formula is C41H36N6O3. The molecule has 0 aliphatic carbocycles. The maximum atomic E-state index is 13.5. The summed E-state index contributed by atoms with van der Waals surface area (Å²) in [4.78, 5) is 22.8. The van der Waals surface area contributed by atoms with E-state index in [-0.39, 0.29) is 12.6 Å². The van der Waals surface area contributed by atoms with Gasteiger partial charge in [0, 0.05) is 17.8 Å². The van der Waals surface area contributed by atoms with Gasteiger partial charge in [0.15, 0.2) is 0 Å². The second kappa shape index (κ2) is 14.0. The van der Waals surface area contributed by atoms with Gasteiger partial charge in [-0.3, -0.25) is 10.3 Å². The zero-order valence-electron chi connectivity index (χ0n) is 27.7. The lowest BCUT2D eigenvalue weighted by molar-refractivity contribution is 0.249. The van der Waals surface area contributed by atoms with E-state index >= 15 is 0 Å². The van der Waals surface area contributed by atoms with Crippen LogP contribution in [0.5, 0.6) is 5.88 Å². The Morgan fingerprint density at radius 2 is 1.38 bits per heavy atom. The molecule has 3 aromatic heterocycles. The zero-order chi connectivity index (χ0) is 34.5. The molecule has 0 spiro atoms. The predicted molar refractivity (Wildman–Crippen MR) is 195 cm³/mol. The Bertz CT molecular complexity index is 2130. The lowest BCUT2D eigenvalue weighted by atomic mass is 9.77. The monoisotopic (exact) mass is 660 g/mol. The van der Waals surface area contributed by atoms with Gasteiger partial charge in [-0.05, 0) is 41.3 Å². The predicted octanol–water partition coefficient (Wildman–Crippen LogP) is 7.72. The van der Waals surface area contributed by atoms with Crippen molar-refractivity contribution in [3.8, 4) is 17.1 Å². The van der Waals surface area contributed by atoms with Crippen molar-refractivity contribution in [3.05, 3.63) is 174 Å². The number of nitrogens with zero attached hydrogens (tertiary/aromatic N) is 4. The van der Waals surface area contributed by atoms with E-state index in [1.54, 1.807) is 19.4 Å². The molecule has 9 nitrogen and oxygen atoms in total. The van der Waals surface area contributed by atoms with E-state index in [0.717, 1.165) is 22.3 Å². The van der Waals surface area contributed by atoms with Crippen molar-refractivity contribution in [2.45, 2.75) is 25.1 Å². The van der Waals surface area contributed by atoms with Gasteiger partial charge in [-0.15, -0.1) is 5.10 Å². The lowest BCUT2D eigenvalue weighted by Crippen LogP contribution is -2.38. The van der Waals surface area contributed by atoms with Crippen molar-refractivity contribution in [2.75, 3.05) is 12.4 Å². The van der Waals surface area contributed by atoms with E-state index in [2.05, 4.69) is 52.0 Å². The summed E-state index contributed by atoms with van der Waals surface area (Å²) < 4.78 is 7.98. The van der Waals surface area contributed by atoms with Gasteiger partial charge in [0.25, 0.3) is 0 Å². The number of ether oxygens (including phenoxy) is 1. The number of pyridine rings is 2. The molecule has 0 aliphatic heterocycles. The van der Waals surface area contributed by atoms with Crippen LogP contribution in [0, 0.1) is 0 Å². The molecule has 1 unspecified atom stereocenters. The van der Waals surface area contributed by atoms with Crippen LogP contribution in [-0.2, 0) is 12.1 Å². The summed E-state index contributed by atoms with van der Waals surface area (Å²) in [6.07, 6.45) is 1.63. The number of hydrogen-bond donors (Lipinski definition) is 3. The van der Waals surface area contributed by atoms with Crippen LogP contribution < -0.4 is 15.4 Å². The summed E-state index contributed by atoms with van der Waals surface area (Å²) in [5, 5.41) is 21.8. The first-order valence-corrected chi connectivity index (χ1v) is 16.4. The number of carbonyl (C=O) groups is 1. The number of anilines is 1. The van der Waals surface area contributed by atoms with Gasteiger partial charge in [0.05, 0.1) is 42.0 Å². The largest absolute Gasteiger partial charge is 0.479 e. The third kappa shape index (κ3) is 5.95. The fourth-order valence-electron chi connectivity index (χ4n) is 6.57. The molecule has 3 heterocycles. The van der Waals surface area contributed by atoms with Gasteiger partial charge in [0.2, 0.25) is 5.88 Å². The average molecular weight is 661 g/mol. The van der Waals surface area contributed by atoms with E-state index < -0.39 is 11.6 Å². The van der Waals surface area contributed by atoms with Crippen molar-refractivity contribution in [3.63, 3.8) is 0 Å². The van der Waals surface area contributed by atoms with Crippen molar-refractivity contribution in [1.29, 1.82) is 0 Å². The van der Waals surface area contributed by atoms with Crippen molar-refractivity contribution < 1.29 is 14.6 Å². The number of rotatable bonds is 10. The fraction of sp³-hybridized carbons (Fsp3) is 0.122. The van der Waals surface area contributed by atoms with E-state index in [9.17, 15) is 9.90 Å². The highest BCUT2D eigenvalue weighted by Crippen LogP contribution is 2.45. The number of aromatic nitrogens is 4. The first kappa shape index (κ1) is 32.2. The third-order valence-corrected chi connectivity index (χ3v) is 8.86. The molecule has 0 radical (unpaired) electrons. The highest BCUT2D eigenvalue weighted by Gasteiger charge is 2.41. The normalized spacial score (nSPS) is 12.0. The van der Waals surface area contributed by atoms with Gasteiger partial charge in [-0.1, -0.05) is 121 Å². The molecule has 1 atom stereocenters. The number of amides is 2. The first-order valence-electron chi connectivity index (χ1n) is 16.4. The molecule has 0 saturated carbocycles. The zero-order valence-corrected chi connectivity index (χ0v) is 27.7. The minimum Gasteiger partial charge on any atom is -0.479 e. The molecule has 0 fully saturated rings. The fourth-order valence-corrected chi connectivity index (χ4v) is 6.57. The Kier molecular flexibility index (Phi) is 9.05. The Hall–Kier alpha value is -6.32. The quantitative estimate of drug-likeness (QED) is 0.130. The van der Waals surface area contributed by atoms with Crippen LogP contribution in [0.25, 0.3) is 22.2 Å². The number of benzene rings is 4. The van der Waals surface area contributed by atoms with Crippen LogP contribution in [0.4, 0.5) is 10.6 Å². The van der Waals surface area contributed by atoms with Crippen molar-refractivity contribution in [1.82, 2.24) is 25.1 Å². The molecule has 50 heavy (non-hydrogen) atoms. The number of aliphatic hydroxyl groups is 1. The van der Waals surface area contributed by atoms with Gasteiger partial charge in [0.1, 0.15) is 11.4 Å². The second-order valence-corrected chi connectivity index (χ2v) is 11.9. The molecule has 3 N–H and O–H groups in total. The van der Waals surface area contributed by atoms with Gasteiger partial charge in [-0.2, -0.15) is 0 Å². The third-order valence-electron chi connectivity index (χ3n) is 8.86. The summed E-state index contributed by atoms with van der Waals surface area (Å²) >= 11 is 0. The Balaban J connectivity index is 1.51. The smallest absolute Gasteiger partial charge is 0.320 e. The first-order chi connectivity index (χ1) is 24.5. The van der Waals surface area contributed by atoms with E-state index in [1.807, 2.05) is 109 Å². The molecule has 0 aliphatic rings. The van der Waals surface area contributed by atoms with Gasteiger partial charge < -0.3 is 15.2 Å². The highest BCUT2D eigenvalue weighted by molar-refractivity contribution is 6.00. The summed E-state index contributed by atoms with van der Waals surface area (Å²) in [5.41, 5.74) is 5.24. The number of hydrogen-bond acceptors (Lipinski definition) is 6. The summed E-state index contributed by atoms with van der Waals surface area (Å²) in [5.74, 6) is 0.658. The Morgan fingerprint density at radius 3 is 1.92 bits per heavy atom. The minimum atomic E-state index is -0.979. The highest BCUT2D eigenvalue weighted by atomic mass is 16.5. The van der Waals surface area contributed by atoms with Crippen LogP contribution in [0.2, 0.25) is 0 Å². The number of carbonyl (C=O) groups excluding carboxylic acids is 1. The summed E-state index contributed by atoms with van der Waals surface area (Å²) in [6.45, 7) is 1.68. The molecular weight excluding hydrogens is 624 g/mol. The Labute approximate surface area is 290 Å². The summed E-state index contributed by atoms with van der Waals surface area (Å²) in [6, 6.07) is 45.2. The SMILES string of the molecule is COc1nn(C(c2ccccc2)(c2ccccc2)c2ccccc2)c2cc(NC(=O)NC(C)c3ccccc3)nc(-c3ccnc(CO)c3)c12. The average Bonchev–Trinajstić information content (AvgIpc) is 3.55. The van der Waals surface area contributed by atoms with Crippen LogP contribution in [0.15, 0.2) is 146 Å². The molecule has 9 heteroatoms. The number of methoxy groups -OCH3 is 1. The molecule has 248 valence electrons. The van der Waals surface area contributed by atoms with Crippen LogP contribution in [0.1, 0.15) is 40.9 Å². The van der Waals surface area contributed by atoms with E-state index in [1.165, 1.54) is 0 Å². The van der Waals surface area contributed by atoms with Crippen molar-refractivity contribution >= 4 is 22.8 Å².